The van der Waals surface area contributed by atoms with Crippen molar-refractivity contribution in [3.05, 3.63) is 46.2 Å². The molecule has 0 aliphatic carbocycles. The Kier molecular flexibility index (Phi) is 4.79. The van der Waals surface area contributed by atoms with Crippen molar-refractivity contribution >= 4 is 27.5 Å². The summed E-state index contributed by atoms with van der Waals surface area (Å²) in [7, 11) is 1.61. The summed E-state index contributed by atoms with van der Waals surface area (Å²) in [6, 6.07) is 6.26. The minimum Gasteiger partial charge on any atom is -0.378 e. The fourth-order valence-electron chi connectivity index (χ4n) is 1.72. The van der Waals surface area contributed by atoms with E-state index >= 15 is 0 Å². The summed E-state index contributed by atoms with van der Waals surface area (Å²) in [5, 5.41) is 9.98. The van der Waals surface area contributed by atoms with Gasteiger partial charge in [0.2, 0.25) is 5.91 Å². The number of hydrogen-bond acceptors (Lipinski definition) is 3. The van der Waals surface area contributed by atoms with Crippen LogP contribution in [0.3, 0.4) is 0 Å². The molecule has 106 valence electrons. The van der Waals surface area contributed by atoms with E-state index in [1.165, 1.54) is 11.1 Å². The first-order valence-electron chi connectivity index (χ1n) is 6.30. The third kappa shape index (κ3) is 3.84. The van der Waals surface area contributed by atoms with E-state index < -0.39 is 0 Å². The molecular weight excluding hydrogens is 320 g/mol. The minimum absolute atomic E-state index is 0.0675. The van der Waals surface area contributed by atoms with Gasteiger partial charge in [-0.2, -0.15) is 5.10 Å². The molecule has 6 heteroatoms. The van der Waals surface area contributed by atoms with Crippen molar-refractivity contribution in [1.29, 1.82) is 0 Å². The normalized spacial score (nSPS) is 10.3. The molecule has 0 saturated heterocycles. The lowest BCUT2D eigenvalue weighted by atomic mass is 10.1. The van der Waals surface area contributed by atoms with Crippen LogP contribution in [-0.2, 0) is 17.9 Å². The summed E-state index contributed by atoms with van der Waals surface area (Å²) >= 11 is 3.52. The Bertz CT molecular complexity index is 609. The molecule has 0 unspecified atom stereocenters. The topological polar surface area (TPSA) is 59.0 Å². The molecule has 1 aromatic heterocycles. The van der Waals surface area contributed by atoms with Gasteiger partial charge in [0.05, 0.1) is 11.9 Å². The number of halogens is 1. The second-order valence-electron chi connectivity index (χ2n) is 4.54. The number of aromatic nitrogens is 2. The lowest BCUT2D eigenvalue weighted by Gasteiger charge is -2.06. The highest BCUT2D eigenvalue weighted by Crippen LogP contribution is 2.18. The molecule has 0 fully saturated rings. The third-order valence-electron chi connectivity index (χ3n) is 2.95. The molecule has 0 saturated carbocycles. The van der Waals surface area contributed by atoms with Crippen LogP contribution in [-0.4, -0.2) is 22.7 Å². The zero-order valence-electron chi connectivity index (χ0n) is 11.5. The Morgan fingerprint density at radius 1 is 1.45 bits per heavy atom. The summed E-state index contributed by atoms with van der Waals surface area (Å²) in [5.41, 5.74) is 3.29. The molecule has 1 aromatic carbocycles. The highest BCUT2D eigenvalue weighted by molar-refractivity contribution is 9.10. The van der Waals surface area contributed by atoms with Crippen LogP contribution in [0.15, 0.2) is 35.1 Å². The van der Waals surface area contributed by atoms with Gasteiger partial charge in [-0.05, 0) is 24.1 Å². The monoisotopic (exact) mass is 336 g/mol. The molecule has 0 aliphatic heterocycles. The van der Waals surface area contributed by atoms with Crippen molar-refractivity contribution in [1.82, 2.24) is 15.1 Å². The molecule has 1 heterocycles. The van der Waals surface area contributed by atoms with Crippen molar-refractivity contribution in [2.45, 2.75) is 20.0 Å². The van der Waals surface area contributed by atoms with Gasteiger partial charge in [-0.3, -0.25) is 9.48 Å². The Morgan fingerprint density at radius 3 is 2.95 bits per heavy atom. The number of hydrogen-bond donors (Lipinski definition) is 2. The molecular formula is C14H17BrN4O. The van der Waals surface area contributed by atoms with Crippen LogP contribution < -0.4 is 10.6 Å². The predicted octanol–water partition coefficient (Wildman–Crippen LogP) is 2.31. The van der Waals surface area contributed by atoms with Crippen LogP contribution >= 0.6 is 15.9 Å². The smallest absolute Gasteiger partial charge is 0.241 e. The lowest BCUT2D eigenvalue weighted by molar-refractivity contribution is -0.121. The van der Waals surface area contributed by atoms with E-state index in [4.69, 9.17) is 0 Å². The first kappa shape index (κ1) is 14.6. The Balaban J connectivity index is 1.93. The van der Waals surface area contributed by atoms with Gasteiger partial charge in [0, 0.05) is 24.3 Å². The van der Waals surface area contributed by atoms with Crippen molar-refractivity contribution < 1.29 is 4.79 Å². The number of nitrogens with one attached hydrogen (secondary N) is 2. The van der Waals surface area contributed by atoms with Gasteiger partial charge in [-0.15, -0.1) is 0 Å². The van der Waals surface area contributed by atoms with Gasteiger partial charge < -0.3 is 10.6 Å². The fourth-order valence-corrected chi connectivity index (χ4v) is 2.14. The SMILES string of the molecule is CNC(=O)Cn1cc(NCc2ccc(C)c(Br)c2)cn1. The minimum atomic E-state index is -0.0675. The number of likely N-dealkylation sites (N-methyl/N-ethyl adjacent to an activating group) is 1. The average molecular weight is 337 g/mol. The Morgan fingerprint density at radius 2 is 2.25 bits per heavy atom. The van der Waals surface area contributed by atoms with Gasteiger partial charge in [0.25, 0.3) is 0 Å². The van der Waals surface area contributed by atoms with Crippen LogP contribution in [0.2, 0.25) is 0 Å². The largest absolute Gasteiger partial charge is 0.378 e. The number of carbonyl (C=O) groups is 1. The highest BCUT2D eigenvalue weighted by atomic mass is 79.9. The molecule has 0 atom stereocenters. The molecule has 2 rings (SSSR count). The van der Waals surface area contributed by atoms with Crippen molar-refractivity contribution in [2.75, 3.05) is 12.4 Å². The van der Waals surface area contributed by atoms with Gasteiger partial charge in [0.1, 0.15) is 6.54 Å². The molecule has 5 nitrogen and oxygen atoms in total. The number of nitrogens with zero attached hydrogens (tertiary/aromatic N) is 2. The highest BCUT2D eigenvalue weighted by Gasteiger charge is 2.03. The molecule has 0 aliphatic rings. The second kappa shape index (κ2) is 6.56. The molecule has 1 amide bonds. The predicted molar refractivity (Wildman–Crippen MR) is 82.5 cm³/mol. The summed E-state index contributed by atoms with van der Waals surface area (Å²) in [6.45, 7) is 3.00. The molecule has 20 heavy (non-hydrogen) atoms. The van der Waals surface area contributed by atoms with Gasteiger partial charge >= 0.3 is 0 Å². The van der Waals surface area contributed by atoms with Crippen LogP contribution in [0.1, 0.15) is 11.1 Å². The van der Waals surface area contributed by atoms with E-state index in [-0.39, 0.29) is 12.5 Å². The fraction of sp³-hybridized carbons (Fsp3) is 0.286. The average Bonchev–Trinajstić information content (AvgIpc) is 2.87. The van der Waals surface area contributed by atoms with Gasteiger partial charge in [-0.25, -0.2) is 0 Å². The quantitative estimate of drug-likeness (QED) is 0.880. The van der Waals surface area contributed by atoms with Crippen molar-refractivity contribution in [3.63, 3.8) is 0 Å². The lowest BCUT2D eigenvalue weighted by Crippen LogP contribution is -2.23. The zero-order chi connectivity index (χ0) is 14.5. The summed E-state index contributed by atoms with van der Waals surface area (Å²) in [5.74, 6) is -0.0675. The molecule has 0 radical (unpaired) electrons. The van der Waals surface area contributed by atoms with E-state index in [1.807, 2.05) is 6.20 Å². The first-order valence-corrected chi connectivity index (χ1v) is 7.09. The van der Waals surface area contributed by atoms with Gasteiger partial charge in [0.15, 0.2) is 0 Å². The summed E-state index contributed by atoms with van der Waals surface area (Å²) in [4.78, 5) is 11.2. The number of rotatable bonds is 5. The van der Waals surface area contributed by atoms with Crippen LogP contribution in [0.25, 0.3) is 0 Å². The Labute approximate surface area is 126 Å². The van der Waals surface area contributed by atoms with E-state index in [1.54, 1.807) is 17.9 Å². The Hall–Kier alpha value is -1.82. The summed E-state index contributed by atoms with van der Waals surface area (Å²) in [6.07, 6.45) is 3.53. The molecule has 0 bridgehead atoms. The van der Waals surface area contributed by atoms with Crippen LogP contribution in [0, 0.1) is 6.92 Å². The third-order valence-corrected chi connectivity index (χ3v) is 3.80. The molecule has 0 spiro atoms. The van der Waals surface area contributed by atoms with E-state index in [9.17, 15) is 4.79 Å². The number of carbonyl (C=O) groups excluding carboxylic acids is 1. The molecule has 2 N–H and O–H groups in total. The van der Waals surface area contributed by atoms with Crippen molar-refractivity contribution in [3.8, 4) is 0 Å². The maximum Gasteiger partial charge on any atom is 0.241 e. The second-order valence-corrected chi connectivity index (χ2v) is 5.39. The number of benzene rings is 1. The van der Waals surface area contributed by atoms with Crippen LogP contribution in [0.5, 0.6) is 0 Å². The number of amides is 1. The van der Waals surface area contributed by atoms with E-state index in [0.717, 1.165) is 10.2 Å². The number of anilines is 1. The molecule has 2 aromatic rings. The summed E-state index contributed by atoms with van der Waals surface area (Å²) < 4.78 is 2.71. The first-order chi connectivity index (χ1) is 9.58. The zero-order valence-corrected chi connectivity index (χ0v) is 13.1. The van der Waals surface area contributed by atoms with E-state index in [0.29, 0.717) is 6.54 Å². The van der Waals surface area contributed by atoms with Gasteiger partial charge in [-0.1, -0.05) is 28.1 Å². The maximum absolute atomic E-state index is 11.2. The maximum atomic E-state index is 11.2. The standard InChI is InChI=1S/C14H17BrN4O/c1-10-3-4-11(5-13(10)15)6-17-12-7-18-19(8-12)9-14(20)16-2/h3-5,7-8,17H,6,9H2,1-2H3,(H,16,20). The number of aryl methyl sites for hydroxylation is 1. The van der Waals surface area contributed by atoms with Crippen molar-refractivity contribution in [2.24, 2.45) is 0 Å². The van der Waals surface area contributed by atoms with E-state index in [2.05, 4.69) is 56.8 Å². The van der Waals surface area contributed by atoms with Crippen LogP contribution in [0.4, 0.5) is 5.69 Å².